The number of aryl methyl sites for hydroxylation is 1. The van der Waals surface area contributed by atoms with E-state index in [1.54, 1.807) is 36.4 Å². The second-order valence-corrected chi connectivity index (χ2v) is 11.7. The van der Waals surface area contributed by atoms with Crippen LogP contribution in [0.5, 0.6) is 0 Å². The number of hydrogen-bond acceptors (Lipinski definition) is 3. The maximum absolute atomic E-state index is 13.5. The van der Waals surface area contributed by atoms with Gasteiger partial charge in [0.25, 0.3) is 10.0 Å². The van der Waals surface area contributed by atoms with Crippen LogP contribution in [0.25, 0.3) is 0 Å². The molecule has 0 aliphatic rings. The smallest absolute Gasteiger partial charge is 0.264 e. The highest BCUT2D eigenvalue weighted by Gasteiger charge is 2.29. The van der Waals surface area contributed by atoms with Crippen molar-refractivity contribution in [2.24, 2.45) is 0 Å². The summed E-state index contributed by atoms with van der Waals surface area (Å²) < 4.78 is 28.1. The van der Waals surface area contributed by atoms with Gasteiger partial charge in [-0.25, -0.2) is 8.42 Å². The average Bonchev–Trinajstić information content (AvgIpc) is 2.78. The first-order chi connectivity index (χ1) is 15.9. The number of nitrogens with one attached hydrogen (secondary N) is 1. The quantitative estimate of drug-likeness (QED) is 0.433. The van der Waals surface area contributed by atoms with E-state index in [9.17, 15) is 13.2 Å². The van der Waals surface area contributed by atoms with Crippen molar-refractivity contribution < 1.29 is 13.2 Å². The van der Waals surface area contributed by atoms with E-state index in [2.05, 4.69) is 38.2 Å². The van der Waals surface area contributed by atoms with Crippen LogP contribution >= 0.6 is 11.6 Å². The first-order valence-corrected chi connectivity index (χ1v) is 12.9. The highest BCUT2D eigenvalue weighted by molar-refractivity contribution is 7.92. The molecule has 0 heterocycles. The molecule has 1 N–H and O–H groups in total. The van der Waals surface area contributed by atoms with Gasteiger partial charge in [0.05, 0.1) is 21.6 Å². The lowest BCUT2D eigenvalue weighted by molar-refractivity contribution is -0.120. The summed E-state index contributed by atoms with van der Waals surface area (Å²) in [5, 5.41) is 3.17. The summed E-state index contributed by atoms with van der Waals surface area (Å²) in [7, 11) is -4.02. The van der Waals surface area contributed by atoms with Crippen molar-refractivity contribution in [1.29, 1.82) is 0 Å². The Bertz CT molecular complexity index is 1250. The molecule has 0 saturated carbocycles. The van der Waals surface area contributed by atoms with Crippen LogP contribution in [0, 0.1) is 6.92 Å². The fraction of sp³-hybridized carbons (Fsp3) is 0.296. The van der Waals surface area contributed by atoms with Gasteiger partial charge >= 0.3 is 0 Å². The van der Waals surface area contributed by atoms with E-state index in [4.69, 9.17) is 11.6 Å². The fourth-order valence-electron chi connectivity index (χ4n) is 3.56. The lowest BCUT2D eigenvalue weighted by atomic mass is 9.86. The predicted molar refractivity (Wildman–Crippen MR) is 139 cm³/mol. The van der Waals surface area contributed by atoms with E-state index in [0.29, 0.717) is 0 Å². The Kier molecular flexibility index (Phi) is 7.74. The first-order valence-electron chi connectivity index (χ1n) is 11.1. The van der Waals surface area contributed by atoms with E-state index in [1.165, 1.54) is 17.7 Å². The van der Waals surface area contributed by atoms with Crippen molar-refractivity contribution in [2.45, 2.75) is 51.0 Å². The summed E-state index contributed by atoms with van der Waals surface area (Å²) in [6.45, 7) is 9.79. The van der Waals surface area contributed by atoms with E-state index in [0.717, 1.165) is 15.4 Å². The average molecular weight is 499 g/mol. The van der Waals surface area contributed by atoms with E-state index >= 15 is 0 Å². The van der Waals surface area contributed by atoms with Crippen molar-refractivity contribution in [3.8, 4) is 0 Å². The third-order valence-corrected chi connectivity index (χ3v) is 7.77. The van der Waals surface area contributed by atoms with Gasteiger partial charge in [0, 0.05) is 0 Å². The molecule has 0 aliphatic heterocycles. The fourth-order valence-corrected chi connectivity index (χ4v) is 5.29. The third-order valence-electron chi connectivity index (χ3n) is 5.67. The molecule has 1 atom stereocenters. The summed E-state index contributed by atoms with van der Waals surface area (Å²) >= 11 is 6.34. The maximum Gasteiger partial charge on any atom is 0.264 e. The minimum atomic E-state index is -4.02. The van der Waals surface area contributed by atoms with Crippen LogP contribution in [-0.2, 0) is 20.2 Å². The molecule has 0 fully saturated rings. The number of benzene rings is 3. The lowest BCUT2D eigenvalue weighted by Crippen LogP contribution is -2.41. The Morgan fingerprint density at radius 3 is 2.12 bits per heavy atom. The predicted octanol–water partition coefficient (Wildman–Crippen LogP) is 6.02. The minimum Gasteiger partial charge on any atom is -0.348 e. The molecular formula is C27H31ClN2O3S. The van der Waals surface area contributed by atoms with Crippen LogP contribution in [0.15, 0.2) is 77.7 Å². The number of halogens is 1. The molecule has 3 aromatic rings. The number of carbonyl (C=O) groups excluding carboxylic acids is 1. The number of sulfonamides is 1. The van der Waals surface area contributed by atoms with Gasteiger partial charge in [-0.05, 0) is 54.7 Å². The second kappa shape index (κ2) is 10.2. The number of para-hydroxylation sites is 1. The van der Waals surface area contributed by atoms with Gasteiger partial charge in [0.1, 0.15) is 6.54 Å². The highest BCUT2D eigenvalue weighted by Crippen LogP contribution is 2.30. The minimum absolute atomic E-state index is 0.0325. The van der Waals surface area contributed by atoms with Crippen molar-refractivity contribution in [2.75, 3.05) is 10.8 Å². The summed E-state index contributed by atoms with van der Waals surface area (Å²) in [5.41, 5.74) is 3.36. The summed E-state index contributed by atoms with van der Waals surface area (Å²) in [5.74, 6) is -0.428. The van der Waals surface area contributed by atoms with Gasteiger partial charge in [-0.2, -0.15) is 0 Å². The zero-order valence-electron chi connectivity index (χ0n) is 20.2. The van der Waals surface area contributed by atoms with Gasteiger partial charge in [-0.1, -0.05) is 86.5 Å². The largest absolute Gasteiger partial charge is 0.348 e. The molecular weight excluding hydrogens is 468 g/mol. The SMILES string of the molecule is Cc1ccc(S(=O)(=O)N(CC(=O)NC(C)c2ccc(C(C)(C)C)cc2)c2ccccc2Cl)cc1. The monoisotopic (exact) mass is 498 g/mol. The number of rotatable bonds is 7. The third kappa shape index (κ3) is 5.99. The number of nitrogens with zero attached hydrogens (tertiary/aromatic N) is 1. The van der Waals surface area contributed by atoms with E-state index < -0.39 is 22.5 Å². The summed E-state index contributed by atoms with van der Waals surface area (Å²) in [6, 6.07) is 20.9. The van der Waals surface area contributed by atoms with Crippen LogP contribution in [0.2, 0.25) is 5.02 Å². The Morgan fingerprint density at radius 1 is 0.971 bits per heavy atom. The zero-order chi connectivity index (χ0) is 25.1. The van der Waals surface area contributed by atoms with Crippen LogP contribution in [-0.4, -0.2) is 20.9 Å². The lowest BCUT2D eigenvalue weighted by Gasteiger charge is -2.26. The molecule has 1 amide bonds. The molecule has 0 aromatic heterocycles. The van der Waals surface area contributed by atoms with Gasteiger partial charge in [0.15, 0.2) is 0 Å². The van der Waals surface area contributed by atoms with Crippen LogP contribution < -0.4 is 9.62 Å². The van der Waals surface area contributed by atoms with Crippen LogP contribution in [0.3, 0.4) is 0 Å². The van der Waals surface area contributed by atoms with Crippen molar-refractivity contribution >= 4 is 33.2 Å². The van der Waals surface area contributed by atoms with Crippen LogP contribution in [0.1, 0.15) is 50.4 Å². The molecule has 3 aromatic carbocycles. The number of amides is 1. The standard InChI is InChI=1S/C27H31ClN2O3S/c1-19-10-16-23(17-11-19)34(32,33)30(25-9-7-6-8-24(25)28)18-26(31)29-20(2)21-12-14-22(15-13-21)27(3,4)5/h6-17,20H,18H2,1-5H3,(H,29,31). The molecule has 1 unspecified atom stereocenters. The summed E-state index contributed by atoms with van der Waals surface area (Å²) in [6.07, 6.45) is 0. The highest BCUT2D eigenvalue weighted by atomic mass is 35.5. The Labute approximate surface area is 207 Å². The molecule has 180 valence electrons. The van der Waals surface area contributed by atoms with E-state index in [-0.39, 0.29) is 27.1 Å². The van der Waals surface area contributed by atoms with Gasteiger partial charge in [0.2, 0.25) is 5.91 Å². The molecule has 0 spiro atoms. The van der Waals surface area contributed by atoms with Crippen LogP contribution in [0.4, 0.5) is 5.69 Å². The molecule has 34 heavy (non-hydrogen) atoms. The number of carbonyl (C=O) groups is 1. The van der Waals surface area contributed by atoms with Crippen molar-refractivity contribution in [3.05, 3.63) is 94.5 Å². The normalized spacial score (nSPS) is 12.8. The van der Waals surface area contributed by atoms with Crippen molar-refractivity contribution in [3.63, 3.8) is 0 Å². The van der Waals surface area contributed by atoms with Crippen molar-refractivity contribution in [1.82, 2.24) is 5.32 Å². The first kappa shape index (κ1) is 25.8. The van der Waals surface area contributed by atoms with Gasteiger partial charge in [-0.3, -0.25) is 9.10 Å². The maximum atomic E-state index is 13.5. The van der Waals surface area contributed by atoms with E-state index in [1.807, 2.05) is 26.0 Å². The molecule has 3 rings (SSSR count). The molecule has 5 nitrogen and oxygen atoms in total. The topological polar surface area (TPSA) is 66.5 Å². The number of anilines is 1. The second-order valence-electron chi connectivity index (χ2n) is 9.44. The molecule has 0 saturated heterocycles. The Hall–Kier alpha value is -2.83. The number of hydrogen-bond donors (Lipinski definition) is 1. The molecule has 0 aliphatic carbocycles. The molecule has 0 bridgehead atoms. The zero-order valence-corrected chi connectivity index (χ0v) is 21.7. The molecule has 0 radical (unpaired) electrons. The van der Waals surface area contributed by atoms with Gasteiger partial charge in [-0.15, -0.1) is 0 Å². The van der Waals surface area contributed by atoms with Gasteiger partial charge < -0.3 is 5.32 Å². The molecule has 7 heteroatoms. The summed E-state index contributed by atoms with van der Waals surface area (Å²) in [4.78, 5) is 13.1. The Balaban J connectivity index is 1.86. The Morgan fingerprint density at radius 2 is 1.56 bits per heavy atom.